The largest absolute Gasteiger partial charge is 0.510 e. The van der Waals surface area contributed by atoms with Crippen LogP contribution in [0.4, 0.5) is 11.4 Å². The molecule has 2 aliphatic heterocycles. The fourth-order valence-corrected chi connectivity index (χ4v) is 1.93. The second-order valence-electron chi connectivity index (χ2n) is 4.39. The standard InChI is InChI=1S/C14H15N4.Ir/c1-15-6-8-17(11-15)13-4-3-5-14(10-13)18-9-7-16(2)12-18;/h3-9,11-12H,1-2H3;/q-3;. The van der Waals surface area contributed by atoms with Gasteiger partial charge in [-0.05, 0) is 38.9 Å². The maximum absolute atomic E-state index is 3.40. The van der Waals surface area contributed by atoms with E-state index < -0.39 is 0 Å². The predicted octanol–water partition coefficient (Wildman–Crippen LogP) is 2.17. The number of anilines is 2. The molecule has 0 saturated carbocycles. The van der Waals surface area contributed by atoms with Crippen LogP contribution in [0.5, 0.6) is 0 Å². The molecule has 0 atom stereocenters. The molecular weight excluding hydrogens is 416 g/mol. The Kier molecular flexibility index (Phi) is 4.17. The molecule has 1 radical (unpaired) electrons. The van der Waals surface area contributed by atoms with Gasteiger partial charge in [-0.3, -0.25) is 0 Å². The molecule has 5 heteroatoms. The maximum Gasteiger partial charge on any atom is 0 e. The zero-order valence-electron chi connectivity index (χ0n) is 10.8. The second kappa shape index (κ2) is 5.68. The normalized spacial score (nSPS) is 17.4. The molecule has 4 nitrogen and oxygen atoms in total. The van der Waals surface area contributed by atoms with Gasteiger partial charge in [0, 0.05) is 20.1 Å². The molecule has 0 amide bonds. The van der Waals surface area contributed by atoms with Gasteiger partial charge in [-0.25, -0.2) is 0 Å². The van der Waals surface area contributed by atoms with Gasteiger partial charge in [0.25, 0.3) is 0 Å². The molecule has 0 aliphatic carbocycles. The van der Waals surface area contributed by atoms with Crippen molar-refractivity contribution in [3.63, 3.8) is 0 Å². The maximum atomic E-state index is 3.40. The van der Waals surface area contributed by atoms with E-state index in [0.717, 1.165) is 11.4 Å². The van der Waals surface area contributed by atoms with Crippen LogP contribution in [-0.2, 0) is 20.1 Å². The molecule has 2 heterocycles. The molecule has 0 unspecified atom stereocenters. The summed E-state index contributed by atoms with van der Waals surface area (Å²) in [5, 5.41) is 0. The minimum absolute atomic E-state index is 0. The van der Waals surface area contributed by atoms with Crippen molar-refractivity contribution in [1.82, 2.24) is 9.80 Å². The summed E-state index contributed by atoms with van der Waals surface area (Å²) >= 11 is 0. The third-order valence-electron chi connectivity index (χ3n) is 2.86. The first-order chi connectivity index (χ1) is 8.72. The van der Waals surface area contributed by atoms with Crippen LogP contribution in [0, 0.1) is 19.4 Å². The van der Waals surface area contributed by atoms with Gasteiger partial charge in [-0.2, -0.15) is 19.4 Å². The van der Waals surface area contributed by atoms with E-state index in [1.807, 2.05) is 90.0 Å². The number of rotatable bonds is 2. The Morgan fingerprint density at radius 2 is 1.32 bits per heavy atom. The van der Waals surface area contributed by atoms with Gasteiger partial charge in [0.2, 0.25) is 0 Å². The first-order valence-corrected chi connectivity index (χ1v) is 5.82. The quantitative estimate of drug-likeness (QED) is 0.666. The van der Waals surface area contributed by atoms with E-state index in [2.05, 4.69) is 6.07 Å². The van der Waals surface area contributed by atoms with E-state index in [4.69, 9.17) is 0 Å². The van der Waals surface area contributed by atoms with Crippen molar-refractivity contribution in [2.24, 2.45) is 0 Å². The van der Waals surface area contributed by atoms with Gasteiger partial charge < -0.3 is 19.6 Å². The molecule has 0 N–H and O–H groups in total. The van der Waals surface area contributed by atoms with E-state index in [0.29, 0.717) is 0 Å². The van der Waals surface area contributed by atoms with Crippen LogP contribution in [0.2, 0.25) is 0 Å². The zero-order valence-corrected chi connectivity index (χ0v) is 13.2. The monoisotopic (exact) mass is 432 g/mol. The summed E-state index contributed by atoms with van der Waals surface area (Å²) in [5.74, 6) is 0. The average molecular weight is 432 g/mol. The SMILES string of the molecule is CN1C=CN(c2[c-]c(N3C=CN(C)[CH-]3)ccc2)[CH-]1.[Ir]. The zero-order chi connectivity index (χ0) is 12.5. The predicted molar refractivity (Wildman–Crippen MR) is 72.6 cm³/mol. The van der Waals surface area contributed by atoms with Crippen LogP contribution < -0.4 is 9.80 Å². The van der Waals surface area contributed by atoms with E-state index in [-0.39, 0.29) is 20.1 Å². The van der Waals surface area contributed by atoms with Crippen molar-refractivity contribution in [2.75, 3.05) is 23.9 Å². The Morgan fingerprint density at radius 3 is 1.68 bits per heavy atom. The molecule has 3 rings (SSSR count). The summed E-state index contributed by atoms with van der Waals surface area (Å²) in [5.41, 5.74) is 2.06. The van der Waals surface area contributed by atoms with Crippen molar-refractivity contribution in [2.45, 2.75) is 0 Å². The molecule has 0 spiro atoms. The Morgan fingerprint density at radius 1 is 0.842 bits per heavy atom. The van der Waals surface area contributed by atoms with E-state index in [1.54, 1.807) is 0 Å². The summed E-state index contributed by atoms with van der Waals surface area (Å²) in [4.78, 5) is 8.12. The minimum atomic E-state index is 0. The topological polar surface area (TPSA) is 13.0 Å². The van der Waals surface area contributed by atoms with Gasteiger partial charge in [0.15, 0.2) is 0 Å². The van der Waals surface area contributed by atoms with Gasteiger partial charge in [0.05, 0.1) is 0 Å². The molecule has 1 aromatic carbocycles. The Balaban J connectivity index is 0.00000133. The molecule has 0 saturated heterocycles. The molecular formula is C14H15IrN4-3. The Bertz CT molecular complexity index is 459. The molecule has 0 bridgehead atoms. The first kappa shape index (κ1) is 14.0. The summed E-state index contributed by atoms with van der Waals surface area (Å²) in [6, 6.07) is 9.54. The molecule has 0 fully saturated rings. The smallest absolute Gasteiger partial charge is 0 e. The van der Waals surface area contributed by atoms with Crippen LogP contribution in [0.15, 0.2) is 43.0 Å². The van der Waals surface area contributed by atoms with E-state index in [1.165, 1.54) is 0 Å². The molecule has 2 aliphatic rings. The molecule has 103 valence electrons. The summed E-state index contributed by atoms with van der Waals surface area (Å²) in [6.45, 7) is 4.04. The number of hydrogen-bond acceptors (Lipinski definition) is 4. The van der Waals surface area contributed by atoms with Crippen LogP contribution in [0.25, 0.3) is 0 Å². The van der Waals surface area contributed by atoms with Crippen molar-refractivity contribution in [3.05, 3.63) is 62.4 Å². The average Bonchev–Trinajstić information content (AvgIpc) is 2.98. The third kappa shape index (κ3) is 2.93. The summed E-state index contributed by atoms with van der Waals surface area (Å²) < 4.78 is 0. The third-order valence-corrected chi connectivity index (χ3v) is 2.86. The van der Waals surface area contributed by atoms with Crippen molar-refractivity contribution >= 4 is 11.4 Å². The minimum Gasteiger partial charge on any atom is -0.510 e. The van der Waals surface area contributed by atoms with Crippen LogP contribution in [0.1, 0.15) is 0 Å². The Hall–Kier alpha value is -1.45. The van der Waals surface area contributed by atoms with E-state index in [9.17, 15) is 0 Å². The first-order valence-electron chi connectivity index (χ1n) is 5.82. The summed E-state index contributed by atoms with van der Waals surface area (Å²) in [6.07, 6.45) is 8.06. The second-order valence-corrected chi connectivity index (χ2v) is 4.39. The summed E-state index contributed by atoms with van der Waals surface area (Å²) in [7, 11) is 4.01. The van der Waals surface area contributed by atoms with Crippen molar-refractivity contribution in [1.29, 1.82) is 0 Å². The van der Waals surface area contributed by atoms with Crippen LogP contribution >= 0.6 is 0 Å². The van der Waals surface area contributed by atoms with Crippen LogP contribution in [0.3, 0.4) is 0 Å². The molecule has 19 heavy (non-hydrogen) atoms. The fourth-order valence-electron chi connectivity index (χ4n) is 1.93. The fraction of sp³-hybridized carbons (Fsp3) is 0.143. The van der Waals surface area contributed by atoms with Gasteiger partial charge in [-0.15, -0.1) is 29.6 Å². The van der Waals surface area contributed by atoms with Gasteiger partial charge >= 0.3 is 0 Å². The van der Waals surface area contributed by atoms with Gasteiger partial charge in [-0.1, -0.05) is 0 Å². The van der Waals surface area contributed by atoms with Crippen molar-refractivity contribution in [3.8, 4) is 0 Å². The van der Waals surface area contributed by atoms with Gasteiger partial charge in [0.1, 0.15) is 0 Å². The molecule has 1 aromatic rings. The van der Waals surface area contributed by atoms with E-state index >= 15 is 0 Å². The van der Waals surface area contributed by atoms with Crippen LogP contribution in [-0.4, -0.2) is 23.9 Å². The van der Waals surface area contributed by atoms with Crippen molar-refractivity contribution < 1.29 is 20.1 Å². The number of hydrogen-bond donors (Lipinski definition) is 0. The number of benzene rings is 1. The molecule has 0 aromatic heterocycles. The number of nitrogens with zero attached hydrogens (tertiary/aromatic N) is 4. The Labute approximate surface area is 127 Å².